The number of fused-ring (bicyclic) bond motifs is 1. The van der Waals surface area contributed by atoms with Gasteiger partial charge in [0.25, 0.3) is 0 Å². The number of rotatable bonds is 2. The Kier molecular flexibility index (Phi) is 2.64. The topological polar surface area (TPSA) is 59.7 Å². The lowest BCUT2D eigenvalue weighted by molar-refractivity contribution is 0.362. The van der Waals surface area contributed by atoms with Gasteiger partial charge in [-0.3, -0.25) is 0 Å². The number of hydrogen-bond acceptors (Lipinski definition) is 4. The molecule has 2 rings (SSSR count). The molecule has 0 fully saturated rings. The van der Waals surface area contributed by atoms with Crippen LogP contribution < -0.4 is 10.4 Å². The second-order valence-corrected chi connectivity index (χ2v) is 3.32. The first-order valence-corrected chi connectivity index (χ1v) is 5.28. The van der Waals surface area contributed by atoms with Crippen LogP contribution in [0.2, 0.25) is 0 Å². The molecule has 0 aliphatic carbocycles. The Morgan fingerprint density at radius 2 is 2.20 bits per heavy atom. The van der Waals surface area contributed by atoms with Crippen molar-refractivity contribution in [2.45, 2.75) is 0 Å². The lowest BCUT2D eigenvalue weighted by Gasteiger charge is -2.05. The Hall–Kier alpha value is -1.49. The van der Waals surface area contributed by atoms with Crippen molar-refractivity contribution in [2.75, 3.05) is 5.52 Å². The molecule has 78 valence electrons. The third-order valence-corrected chi connectivity index (χ3v) is 2.14. The van der Waals surface area contributed by atoms with E-state index in [2.05, 4.69) is 15.9 Å². The predicted octanol–water partition coefficient (Wildman–Crippen LogP) is 2.23. The van der Waals surface area contributed by atoms with Gasteiger partial charge in [-0.05, 0) is 28.1 Å². The van der Waals surface area contributed by atoms with Gasteiger partial charge in [-0.25, -0.2) is 4.79 Å². The van der Waals surface area contributed by atoms with E-state index in [1.165, 1.54) is 18.2 Å². The van der Waals surface area contributed by atoms with E-state index in [0.29, 0.717) is 11.0 Å². The lowest BCUT2D eigenvalue weighted by Crippen LogP contribution is -1.95. The Morgan fingerprint density at radius 3 is 2.93 bits per heavy atom. The number of ether oxygens (including phenoxy) is 1. The number of alkyl halides is 1. The molecule has 1 aromatic heterocycles. The summed E-state index contributed by atoms with van der Waals surface area (Å²) in [5.41, 5.74) is 0.206. The molecular formula is C10H7BrO4. The Labute approximate surface area is 93.2 Å². The number of halogens is 1. The SMILES string of the molecule is O=c1ccc2cc(O)c(OCBr)cc2o1. The lowest BCUT2D eigenvalue weighted by atomic mass is 10.2. The first-order valence-electron chi connectivity index (χ1n) is 4.16. The Bertz CT molecular complexity index is 547. The largest absolute Gasteiger partial charge is 0.504 e. The summed E-state index contributed by atoms with van der Waals surface area (Å²) in [4.78, 5) is 11.0. The van der Waals surface area contributed by atoms with E-state index in [9.17, 15) is 9.90 Å². The number of phenols is 1. The van der Waals surface area contributed by atoms with Crippen LogP contribution in [0.5, 0.6) is 11.5 Å². The summed E-state index contributed by atoms with van der Waals surface area (Å²) >= 11 is 3.07. The minimum Gasteiger partial charge on any atom is -0.504 e. The average molecular weight is 271 g/mol. The van der Waals surface area contributed by atoms with Gasteiger partial charge < -0.3 is 14.3 Å². The van der Waals surface area contributed by atoms with Crippen molar-refractivity contribution in [1.29, 1.82) is 0 Å². The van der Waals surface area contributed by atoms with Gasteiger partial charge in [0, 0.05) is 17.5 Å². The van der Waals surface area contributed by atoms with Crippen LogP contribution in [0, 0.1) is 0 Å². The number of hydrogen-bond donors (Lipinski definition) is 1. The summed E-state index contributed by atoms with van der Waals surface area (Å²) in [5.74, 6) is 0.282. The maximum Gasteiger partial charge on any atom is 0.336 e. The van der Waals surface area contributed by atoms with Crippen molar-refractivity contribution in [3.8, 4) is 11.5 Å². The van der Waals surface area contributed by atoms with Crippen LogP contribution >= 0.6 is 15.9 Å². The molecule has 0 saturated heterocycles. The summed E-state index contributed by atoms with van der Waals surface area (Å²) in [6.45, 7) is 0. The molecule has 0 amide bonds. The second kappa shape index (κ2) is 3.94. The monoisotopic (exact) mass is 270 g/mol. The molecule has 0 unspecified atom stereocenters. The summed E-state index contributed by atoms with van der Waals surface area (Å²) in [6, 6.07) is 5.84. The maximum absolute atomic E-state index is 11.0. The van der Waals surface area contributed by atoms with Gasteiger partial charge >= 0.3 is 5.63 Å². The van der Waals surface area contributed by atoms with Crippen LogP contribution in [0.3, 0.4) is 0 Å². The molecular weight excluding hydrogens is 264 g/mol. The van der Waals surface area contributed by atoms with Gasteiger partial charge in [-0.2, -0.15) is 0 Å². The number of aromatic hydroxyl groups is 1. The number of benzene rings is 1. The molecule has 1 N–H and O–H groups in total. The van der Waals surface area contributed by atoms with Crippen LogP contribution in [0.1, 0.15) is 0 Å². The van der Waals surface area contributed by atoms with Crippen molar-refractivity contribution >= 4 is 26.9 Å². The molecule has 15 heavy (non-hydrogen) atoms. The van der Waals surface area contributed by atoms with E-state index in [1.807, 2.05) is 0 Å². The Balaban J connectivity index is 2.66. The van der Waals surface area contributed by atoms with Crippen LogP contribution in [0.4, 0.5) is 0 Å². The molecule has 5 heteroatoms. The standard InChI is InChI=1S/C10H7BrO4/c11-5-14-9-4-8-6(3-7(9)12)1-2-10(13)15-8/h1-4,12H,5H2. The van der Waals surface area contributed by atoms with Crippen molar-refractivity contribution in [3.63, 3.8) is 0 Å². The van der Waals surface area contributed by atoms with Crippen LogP contribution in [0.15, 0.2) is 33.5 Å². The van der Waals surface area contributed by atoms with Crippen molar-refractivity contribution < 1.29 is 14.3 Å². The van der Waals surface area contributed by atoms with E-state index in [1.54, 1.807) is 6.07 Å². The summed E-state index contributed by atoms with van der Waals surface area (Å²) in [7, 11) is 0. The zero-order chi connectivity index (χ0) is 10.8. The van der Waals surface area contributed by atoms with E-state index in [0.717, 1.165) is 0 Å². The Morgan fingerprint density at radius 1 is 1.40 bits per heavy atom. The van der Waals surface area contributed by atoms with Gasteiger partial charge in [0.05, 0.1) is 0 Å². The van der Waals surface area contributed by atoms with E-state index < -0.39 is 5.63 Å². The van der Waals surface area contributed by atoms with Gasteiger partial charge in [0.2, 0.25) is 0 Å². The summed E-state index contributed by atoms with van der Waals surface area (Å²) in [5, 5.41) is 10.2. The molecule has 0 aliphatic rings. The molecule has 4 nitrogen and oxygen atoms in total. The highest BCUT2D eigenvalue weighted by Gasteiger charge is 2.06. The molecule has 0 aliphatic heterocycles. The van der Waals surface area contributed by atoms with Crippen molar-refractivity contribution in [1.82, 2.24) is 0 Å². The molecule has 0 atom stereocenters. The van der Waals surface area contributed by atoms with Crippen LogP contribution in [-0.2, 0) is 0 Å². The molecule has 2 aromatic rings. The quantitative estimate of drug-likeness (QED) is 0.672. The molecule has 1 aromatic carbocycles. The predicted molar refractivity (Wildman–Crippen MR) is 58.6 cm³/mol. The highest BCUT2D eigenvalue weighted by Crippen LogP contribution is 2.30. The van der Waals surface area contributed by atoms with Crippen LogP contribution in [-0.4, -0.2) is 10.6 Å². The van der Waals surface area contributed by atoms with Crippen molar-refractivity contribution in [3.05, 3.63) is 34.7 Å². The van der Waals surface area contributed by atoms with Crippen molar-refractivity contribution in [2.24, 2.45) is 0 Å². The highest BCUT2D eigenvalue weighted by atomic mass is 79.9. The van der Waals surface area contributed by atoms with E-state index in [-0.39, 0.29) is 17.0 Å². The summed E-state index contributed by atoms with van der Waals surface area (Å²) < 4.78 is 10.0. The fraction of sp³-hybridized carbons (Fsp3) is 0.100. The zero-order valence-electron chi connectivity index (χ0n) is 7.57. The summed E-state index contributed by atoms with van der Waals surface area (Å²) in [6.07, 6.45) is 0. The number of phenolic OH excluding ortho intramolecular Hbond substituents is 1. The first kappa shape index (κ1) is 10.0. The zero-order valence-corrected chi connectivity index (χ0v) is 9.15. The molecule has 0 radical (unpaired) electrons. The molecule has 0 saturated carbocycles. The van der Waals surface area contributed by atoms with E-state index >= 15 is 0 Å². The maximum atomic E-state index is 11.0. The van der Waals surface area contributed by atoms with E-state index in [4.69, 9.17) is 9.15 Å². The fourth-order valence-electron chi connectivity index (χ4n) is 1.26. The molecule has 0 bridgehead atoms. The van der Waals surface area contributed by atoms with Gasteiger partial charge in [0.15, 0.2) is 11.5 Å². The average Bonchev–Trinajstić information content (AvgIpc) is 2.20. The smallest absolute Gasteiger partial charge is 0.336 e. The fourth-order valence-corrected chi connectivity index (χ4v) is 1.51. The van der Waals surface area contributed by atoms with Gasteiger partial charge in [-0.1, -0.05) is 0 Å². The van der Waals surface area contributed by atoms with Gasteiger partial charge in [-0.15, -0.1) is 0 Å². The molecule has 1 heterocycles. The normalized spacial score (nSPS) is 10.5. The molecule has 0 spiro atoms. The second-order valence-electron chi connectivity index (χ2n) is 2.87. The first-order chi connectivity index (χ1) is 7.20. The minimum atomic E-state index is -0.432. The minimum absolute atomic E-state index is 0.01000. The third-order valence-electron chi connectivity index (χ3n) is 1.91. The van der Waals surface area contributed by atoms with Gasteiger partial charge in [0.1, 0.15) is 11.1 Å². The third kappa shape index (κ3) is 1.97. The highest BCUT2D eigenvalue weighted by molar-refractivity contribution is 9.09. The van der Waals surface area contributed by atoms with Crippen LogP contribution in [0.25, 0.3) is 11.0 Å².